The topological polar surface area (TPSA) is 89.8 Å². The molecule has 0 aliphatic rings. The molecule has 5 heteroatoms. The molecule has 4 N–H and O–H groups in total. The third kappa shape index (κ3) is 39.1. The van der Waals surface area contributed by atoms with Gasteiger partial charge in [-0.2, -0.15) is 0 Å². The van der Waals surface area contributed by atoms with Crippen molar-refractivity contribution in [2.45, 2.75) is 283 Å². The molecule has 0 aliphatic heterocycles. The van der Waals surface area contributed by atoms with Crippen LogP contribution in [0.2, 0.25) is 0 Å². The fourth-order valence-electron chi connectivity index (χ4n) is 7.60. The second kappa shape index (κ2) is 43.8. The summed E-state index contributed by atoms with van der Waals surface area (Å²) in [4.78, 5) is 12.5. The number of aliphatic hydroxyl groups excluding tert-OH is 3. The third-order valence-corrected chi connectivity index (χ3v) is 11.4. The van der Waals surface area contributed by atoms with Gasteiger partial charge in [0.15, 0.2) is 0 Å². The average molecular weight is 750 g/mol. The van der Waals surface area contributed by atoms with Crippen molar-refractivity contribution in [1.29, 1.82) is 0 Å². The summed E-state index contributed by atoms with van der Waals surface area (Å²) in [6.45, 7) is 4.18. The van der Waals surface area contributed by atoms with Gasteiger partial charge in [-0.25, -0.2) is 0 Å². The summed E-state index contributed by atoms with van der Waals surface area (Å²) < 4.78 is 0. The molecule has 0 heterocycles. The van der Waals surface area contributed by atoms with Crippen molar-refractivity contribution in [3.63, 3.8) is 0 Å². The molecule has 3 unspecified atom stereocenters. The summed E-state index contributed by atoms with van der Waals surface area (Å²) in [7, 11) is 0. The Morgan fingerprint density at radius 3 is 1.04 bits per heavy atom. The van der Waals surface area contributed by atoms with Crippen LogP contribution >= 0.6 is 0 Å². The molecule has 0 bridgehead atoms. The molecule has 5 nitrogen and oxygen atoms in total. The molecule has 0 radical (unpaired) electrons. The summed E-state index contributed by atoms with van der Waals surface area (Å²) in [6, 6.07) is -0.791. The molecule has 0 saturated carbocycles. The first-order valence-corrected chi connectivity index (χ1v) is 24.0. The number of carbonyl (C=O) groups excluding carboxylic acids is 1. The normalized spacial score (nSPS) is 13.5. The maximum atomic E-state index is 12.5. The number of hydrogen-bond donors (Lipinski definition) is 4. The molecule has 0 aromatic heterocycles. The lowest BCUT2D eigenvalue weighted by Crippen LogP contribution is -2.48. The number of allylic oxidation sites excluding steroid dienone is 1. The molecule has 1 amide bonds. The van der Waals surface area contributed by atoms with E-state index >= 15 is 0 Å². The van der Waals surface area contributed by atoms with Crippen LogP contribution in [0.25, 0.3) is 0 Å². The molecule has 316 valence electrons. The Bertz CT molecular complexity index is 743. The van der Waals surface area contributed by atoms with Crippen molar-refractivity contribution in [3.8, 4) is 0 Å². The number of carbonyl (C=O) groups is 1. The number of nitrogens with one attached hydrogen (secondary N) is 1. The van der Waals surface area contributed by atoms with E-state index in [9.17, 15) is 20.1 Å². The highest BCUT2D eigenvalue weighted by atomic mass is 16.3. The summed E-state index contributed by atoms with van der Waals surface area (Å²) >= 11 is 0. The predicted molar refractivity (Wildman–Crippen MR) is 232 cm³/mol. The van der Waals surface area contributed by atoms with Gasteiger partial charge in [0.1, 0.15) is 6.10 Å². The second-order valence-corrected chi connectivity index (χ2v) is 16.7. The standard InChI is InChI=1S/C48H95NO4/c1-3-5-7-9-11-13-15-16-17-18-19-20-21-22-23-24-25-26-27-28-29-30-31-33-35-37-39-41-43-47(52)48(53)49-45(44-50)46(51)42-40-38-36-34-32-14-12-10-8-6-4-2/h40,42,45-47,50-52H,3-39,41,43-44H2,1-2H3,(H,49,53)/b42-40+. The van der Waals surface area contributed by atoms with E-state index in [2.05, 4.69) is 19.2 Å². The molecule has 0 aromatic rings. The van der Waals surface area contributed by atoms with Gasteiger partial charge in [0.05, 0.1) is 18.8 Å². The van der Waals surface area contributed by atoms with Gasteiger partial charge in [-0.05, 0) is 19.3 Å². The van der Waals surface area contributed by atoms with Crippen molar-refractivity contribution in [2.24, 2.45) is 0 Å². The maximum absolute atomic E-state index is 12.5. The Morgan fingerprint density at radius 2 is 0.736 bits per heavy atom. The van der Waals surface area contributed by atoms with Crippen molar-refractivity contribution in [1.82, 2.24) is 5.32 Å². The van der Waals surface area contributed by atoms with Gasteiger partial charge < -0.3 is 20.6 Å². The zero-order chi connectivity index (χ0) is 38.7. The molecule has 0 fully saturated rings. The monoisotopic (exact) mass is 750 g/mol. The SMILES string of the molecule is CCCCCCCCCCC/C=C/C(O)C(CO)NC(=O)C(O)CCCCCCCCCCCCCCCCCCCCCCCCCCCCCC. The van der Waals surface area contributed by atoms with Crippen LogP contribution in [0.3, 0.4) is 0 Å². The molecule has 3 atom stereocenters. The highest BCUT2D eigenvalue weighted by molar-refractivity contribution is 5.80. The fourth-order valence-corrected chi connectivity index (χ4v) is 7.60. The van der Waals surface area contributed by atoms with E-state index in [0.29, 0.717) is 6.42 Å². The maximum Gasteiger partial charge on any atom is 0.249 e. The molecule has 0 aliphatic carbocycles. The Morgan fingerprint density at radius 1 is 0.453 bits per heavy atom. The molecular weight excluding hydrogens is 655 g/mol. The lowest BCUT2D eigenvalue weighted by Gasteiger charge is -2.21. The average Bonchev–Trinajstić information content (AvgIpc) is 3.16. The van der Waals surface area contributed by atoms with Crippen molar-refractivity contribution < 1.29 is 20.1 Å². The number of rotatable bonds is 44. The first kappa shape index (κ1) is 52.1. The van der Waals surface area contributed by atoms with Gasteiger partial charge in [-0.15, -0.1) is 0 Å². The largest absolute Gasteiger partial charge is 0.394 e. The highest BCUT2D eigenvalue weighted by Gasteiger charge is 2.22. The first-order chi connectivity index (χ1) is 26.1. The smallest absolute Gasteiger partial charge is 0.249 e. The Balaban J connectivity index is 3.50. The quantitative estimate of drug-likeness (QED) is 0.0369. The Hall–Kier alpha value is -0.910. The van der Waals surface area contributed by atoms with E-state index in [4.69, 9.17) is 0 Å². The number of aliphatic hydroxyl groups is 3. The summed E-state index contributed by atoms with van der Waals surface area (Å²) in [6.07, 6.45) is 52.7. The summed E-state index contributed by atoms with van der Waals surface area (Å²) in [5.41, 5.74) is 0. The van der Waals surface area contributed by atoms with Crippen molar-refractivity contribution >= 4 is 5.91 Å². The van der Waals surface area contributed by atoms with E-state index in [0.717, 1.165) is 32.1 Å². The van der Waals surface area contributed by atoms with Crippen molar-refractivity contribution in [2.75, 3.05) is 6.61 Å². The van der Waals surface area contributed by atoms with Gasteiger partial charge in [-0.3, -0.25) is 4.79 Å². The van der Waals surface area contributed by atoms with Crippen LogP contribution in [0.1, 0.15) is 264 Å². The lowest BCUT2D eigenvalue weighted by atomic mass is 10.0. The van der Waals surface area contributed by atoms with Crippen LogP contribution in [-0.2, 0) is 4.79 Å². The Labute approximate surface area is 331 Å². The fraction of sp³-hybridized carbons (Fsp3) is 0.938. The second-order valence-electron chi connectivity index (χ2n) is 16.7. The van der Waals surface area contributed by atoms with Gasteiger partial charge >= 0.3 is 0 Å². The molecule has 0 saturated heterocycles. The number of hydrogen-bond acceptors (Lipinski definition) is 4. The van der Waals surface area contributed by atoms with Crippen LogP contribution in [-0.4, -0.2) is 46.1 Å². The molecule has 0 aromatic carbocycles. The van der Waals surface area contributed by atoms with Gasteiger partial charge in [0.2, 0.25) is 5.91 Å². The predicted octanol–water partition coefficient (Wildman–Crippen LogP) is 14.0. The first-order valence-electron chi connectivity index (χ1n) is 24.0. The minimum absolute atomic E-state index is 0.360. The van der Waals surface area contributed by atoms with Gasteiger partial charge in [-0.1, -0.05) is 257 Å². The lowest BCUT2D eigenvalue weighted by molar-refractivity contribution is -0.131. The zero-order valence-corrected chi connectivity index (χ0v) is 35.9. The number of amides is 1. The molecular formula is C48H95NO4. The zero-order valence-electron chi connectivity index (χ0n) is 35.9. The summed E-state index contributed by atoms with van der Waals surface area (Å²) in [5, 5.41) is 33.1. The van der Waals surface area contributed by atoms with E-state index in [-0.39, 0.29) is 6.61 Å². The van der Waals surface area contributed by atoms with Crippen LogP contribution in [0, 0.1) is 0 Å². The van der Waals surface area contributed by atoms with E-state index in [1.807, 2.05) is 6.08 Å². The van der Waals surface area contributed by atoms with Crippen LogP contribution < -0.4 is 5.32 Å². The van der Waals surface area contributed by atoms with Gasteiger partial charge in [0.25, 0.3) is 0 Å². The number of unbranched alkanes of at least 4 members (excludes halogenated alkanes) is 36. The van der Waals surface area contributed by atoms with E-state index < -0.39 is 24.2 Å². The molecule has 0 spiro atoms. The molecule has 53 heavy (non-hydrogen) atoms. The van der Waals surface area contributed by atoms with Crippen LogP contribution in [0.4, 0.5) is 0 Å². The van der Waals surface area contributed by atoms with E-state index in [1.54, 1.807) is 6.08 Å². The van der Waals surface area contributed by atoms with E-state index in [1.165, 1.54) is 212 Å². The minimum atomic E-state index is -1.09. The molecule has 0 rings (SSSR count). The van der Waals surface area contributed by atoms with Crippen molar-refractivity contribution in [3.05, 3.63) is 12.2 Å². The third-order valence-electron chi connectivity index (χ3n) is 11.4. The van der Waals surface area contributed by atoms with Gasteiger partial charge in [0, 0.05) is 0 Å². The highest BCUT2D eigenvalue weighted by Crippen LogP contribution is 2.17. The summed E-state index contributed by atoms with van der Waals surface area (Å²) in [5.74, 6) is -0.500. The Kier molecular flexibility index (Phi) is 43.1. The minimum Gasteiger partial charge on any atom is -0.394 e. The van der Waals surface area contributed by atoms with Crippen LogP contribution in [0.5, 0.6) is 0 Å². The van der Waals surface area contributed by atoms with Crippen LogP contribution in [0.15, 0.2) is 12.2 Å².